The van der Waals surface area contributed by atoms with Crippen molar-refractivity contribution in [2.45, 2.75) is 55.9 Å². The van der Waals surface area contributed by atoms with Gasteiger partial charge in [0.15, 0.2) is 0 Å². The summed E-state index contributed by atoms with van der Waals surface area (Å²) in [5, 5.41) is 12.7. The van der Waals surface area contributed by atoms with Crippen LogP contribution in [0.15, 0.2) is 78.9 Å². The number of rotatable bonds is 10. The number of carbonyl (C=O) groups is 3. The van der Waals surface area contributed by atoms with Crippen LogP contribution in [-0.2, 0) is 38.8 Å². The molecule has 3 atom stereocenters. The fraction of sp³-hybridized carbons (Fsp3) is 0.333. The molecule has 1 heterocycles. The average molecular weight is 692 g/mol. The van der Waals surface area contributed by atoms with Crippen molar-refractivity contribution < 1.29 is 50.2 Å². The summed E-state index contributed by atoms with van der Waals surface area (Å²) in [5.74, 6) is 0. The highest BCUT2D eigenvalue weighted by Crippen LogP contribution is 2.44. The van der Waals surface area contributed by atoms with Crippen LogP contribution < -0.4 is 16.2 Å². The number of hydrogen-bond donors (Lipinski definition) is 3. The van der Waals surface area contributed by atoms with E-state index in [4.69, 9.17) is 9.47 Å². The fourth-order valence-electron chi connectivity index (χ4n) is 5.51. The molecule has 1 fully saturated rings. The molecule has 3 N–H and O–H groups in total. The van der Waals surface area contributed by atoms with Gasteiger partial charge in [-0.15, -0.1) is 0 Å². The standard InChI is InChI=1S/C33H31F6N5O5/c1-22(24-14-26(32(34,35)36)16-27(15-24)33(37,38)39)49-20-31(25-10-6-3-7-11-25)13-12-30(18-40,42-28(46)43-41-21-45)19-44(31)29(47)48-17-23-8-4-2-5-9-23/h2-11,14-16,21-22H,12-13,17,19-20H2,1H3,(H,41,45)(H2,42,43,46)/t22-,30-,31-/m1/s1. The molecule has 16 heteroatoms. The summed E-state index contributed by atoms with van der Waals surface area (Å²) in [6.07, 6.45) is -12.4. The number of hydrogen-bond acceptors (Lipinski definition) is 6. The molecular weight excluding hydrogens is 660 g/mol. The van der Waals surface area contributed by atoms with E-state index in [0.717, 1.165) is 4.90 Å². The van der Waals surface area contributed by atoms with Crippen molar-refractivity contribution in [3.63, 3.8) is 0 Å². The van der Waals surface area contributed by atoms with E-state index in [1.54, 1.807) is 60.7 Å². The van der Waals surface area contributed by atoms with Crippen LogP contribution in [0.25, 0.3) is 0 Å². The molecular formula is C33H31F6N5O5. The van der Waals surface area contributed by atoms with Gasteiger partial charge in [0.05, 0.1) is 42.0 Å². The van der Waals surface area contributed by atoms with Gasteiger partial charge < -0.3 is 14.8 Å². The maximum atomic E-state index is 13.9. The normalized spacial score (nSPS) is 20.0. The SMILES string of the molecule is C[C@@H](OC[C@@]1(c2ccccc2)CC[C@](C#N)(NC(=O)NNC=O)CN1C(=O)OCc1ccccc1)c1cc(C(F)(F)F)cc(C(F)(F)F)c1. The first-order chi connectivity index (χ1) is 23.1. The maximum Gasteiger partial charge on any atom is 0.416 e. The number of amides is 4. The molecule has 1 saturated heterocycles. The number of piperidine rings is 1. The van der Waals surface area contributed by atoms with Gasteiger partial charge in [-0.1, -0.05) is 60.7 Å². The molecule has 10 nitrogen and oxygen atoms in total. The van der Waals surface area contributed by atoms with Gasteiger partial charge in [0.2, 0.25) is 6.41 Å². The number of hydrazine groups is 1. The molecule has 1 aliphatic rings. The Morgan fingerprint density at radius 3 is 2.10 bits per heavy atom. The van der Waals surface area contributed by atoms with Crippen LogP contribution in [0.2, 0.25) is 0 Å². The fourth-order valence-corrected chi connectivity index (χ4v) is 5.51. The number of halogens is 6. The van der Waals surface area contributed by atoms with Crippen LogP contribution in [0.3, 0.4) is 0 Å². The third kappa shape index (κ3) is 8.79. The maximum absolute atomic E-state index is 13.9. The molecule has 260 valence electrons. The Morgan fingerprint density at radius 1 is 0.959 bits per heavy atom. The summed E-state index contributed by atoms with van der Waals surface area (Å²) in [6.45, 7) is 0.136. The topological polar surface area (TPSA) is 133 Å². The van der Waals surface area contributed by atoms with Crippen molar-refractivity contribution in [2.24, 2.45) is 0 Å². The number of nitriles is 1. The van der Waals surface area contributed by atoms with Crippen LogP contribution >= 0.6 is 0 Å². The van der Waals surface area contributed by atoms with Crippen LogP contribution in [0.1, 0.15) is 53.7 Å². The number of benzene rings is 3. The number of likely N-dealkylation sites (tertiary alicyclic amines) is 1. The number of nitrogens with zero attached hydrogens (tertiary/aromatic N) is 2. The smallest absolute Gasteiger partial charge is 0.416 e. The first kappa shape index (κ1) is 36.5. The highest BCUT2D eigenvalue weighted by atomic mass is 19.4. The molecule has 4 amide bonds. The lowest BCUT2D eigenvalue weighted by atomic mass is 9.75. The van der Waals surface area contributed by atoms with Crippen molar-refractivity contribution in [2.75, 3.05) is 13.2 Å². The summed E-state index contributed by atoms with van der Waals surface area (Å²) in [6, 6.07) is 19.1. The lowest BCUT2D eigenvalue weighted by molar-refractivity contribution is -0.143. The van der Waals surface area contributed by atoms with E-state index in [-0.39, 0.29) is 31.9 Å². The van der Waals surface area contributed by atoms with Gasteiger partial charge in [0, 0.05) is 0 Å². The number of nitrogens with one attached hydrogen (secondary N) is 3. The molecule has 49 heavy (non-hydrogen) atoms. The average Bonchev–Trinajstić information content (AvgIpc) is 3.09. The number of ether oxygens (including phenoxy) is 2. The minimum Gasteiger partial charge on any atom is -0.445 e. The second-order valence-corrected chi connectivity index (χ2v) is 11.4. The minimum absolute atomic E-state index is 0.0164. The summed E-state index contributed by atoms with van der Waals surface area (Å²) < 4.78 is 93.3. The largest absolute Gasteiger partial charge is 0.445 e. The van der Waals surface area contributed by atoms with Gasteiger partial charge in [-0.3, -0.25) is 15.1 Å². The first-order valence-electron chi connectivity index (χ1n) is 14.8. The molecule has 3 aromatic carbocycles. The Bertz CT molecular complexity index is 1640. The predicted octanol–water partition coefficient (Wildman–Crippen LogP) is 6.35. The summed E-state index contributed by atoms with van der Waals surface area (Å²) in [7, 11) is 0. The van der Waals surface area contributed by atoms with Crippen molar-refractivity contribution >= 4 is 18.5 Å². The van der Waals surface area contributed by atoms with E-state index >= 15 is 0 Å². The Kier molecular flexibility index (Phi) is 11.1. The van der Waals surface area contributed by atoms with Crippen molar-refractivity contribution in [1.29, 1.82) is 5.26 Å². The highest BCUT2D eigenvalue weighted by molar-refractivity contribution is 5.77. The van der Waals surface area contributed by atoms with E-state index in [9.17, 15) is 46.0 Å². The van der Waals surface area contributed by atoms with Gasteiger partial charge in [-0.05, 0) is 54.7 Å². The zero-order valence-electron chi connectivity index (χ0n) is 25.9. The molecule has 0 spiro atoms. The predicted molar refractivity (Wildman–Crippen MR) is 161 cm³/mol. The number of carbonyl (C=O) groups excluding carboxylic acids is 3. The molecule has 3 aromatic rings. The van der Waals surface area contributed by atoms with E-state index in [1.165, 1.54) is 6.92 Å². The zero-order chi connectivity index (χ0) is 35.9. The highest BCUT2D eigenvalue weighted by Gasteiger charge is 2.53. The van der Waals surface area contributed by atoms with Gasteiger partial charge in [-0.2, -0.15) is 31.6 Å². The van der Waals surface area contributed by atoms with E-state index < -0.39 is 71.5 Å². The Hall–Kier alpha value is -5.30. The lowest BCUT2D eigenvalue weighted by Gasteiger charge is -2.51. The summed E-state index contributed by atoms with van der Waals surface area (Å²) >= 11 is 0. The van der Waals surface area contributed by atoms with Crippen LogP contribution in [-0.4, -0.2) is 42.1 Å². The van der Waals surface area contributed by atoms with Crippen molar-refractivity contribution in [3.8, 4) is 6.07 Å². The first-order valence-corrected chi connectivity index (χ1v) is 14.8. The quantitative estimate of drug-likeness (QED) is 0.129. The van der Waals surface area contributed by atoms with Gasteiger partial charge in [0.25, 0.3) is 0 Å². The van der Waals surface area contributed by atoms with Crippen LogP contribution in [0.4, 0.5) is 35.9 Å². The van der Waals surface area contributed by atoms with Crippen LogP contribution in [0.5, 0.6) is 0 Å². The second kappa shape index (κ2) is 14.9. The third-order valence-corrected chi connectivity index (χ3v) is 8.11. The number of alkyl halides is 6. The third-order valence-electron chi connectivity index (χ3n) is 8.11. The Labute approximate surface area is 276 Å². The zero-order valence-corrected chi connectivity index (χ0v) is 25.9. The molecule has 0 aromatic heterocycles. The molecule has 0 saturated carbocycles. The van der Waals surface area contributed by atoms with Crippen molar-refractivity contribution in [1.82, 2.24) is 21.1 Å². The van der Waals surface area contributed by atoms with Crippen molar-refractivity contribution in [3.05, 3.63) is 107 Å². The monoisotopic (exact) mass is 691 g/mol. The Balaban J connectivity index is 1.74. The Morgan fingerprint density at radius 2 is 1.55 bits per heavy atom. The molecule has 1 aliphatic heterocycles. The molecule has 0 radical (unpaired) electrons. The molecule has 0 aliphatic carbocycles. The van der Waals surface area contributed by atoms with E-state index in [2.05, 4.69) is 5.32 Å². The van der Waals surface area contributed by atoms with E-state index in [0.29, 0.717) is 23.3 Å². The molecule has 0 unspecified atom stereocenters. The van der Waals surface area contributed by atoms with Gasteiger partial charge in [0.1, 0.15) is 12.1 Å². The summed E-state index contributed by atoms with van der Waals surface area (Å²) in [4.78, 5) is 38.3. The lowest BCUT2D eigenvalue weighted by Crippen LogP contribution is -2.67. The van der Waals surface area contributed by atoms with E-state index in [1.807, 2.05) is 16.9 Å². The number of urea groups is 1. The van der Waals surface area contributed by atoms with Gasteiger partial charge in [-0.25, -0.2) is 15.0 Å². The molecule has 4 rings (SSSR count). The summed E-state index contributed by atoms with van der Waals surface area (Å²) in [5.41, 5.74) is -1.59. The molecule has 0 bridgehead atoms. The minimum atomic E-state index is -5.08. The second-order valence-electron chi connectivity index (χ2n) is 11.4. The van der Waals surface area contributed by atoms with Crippen LogP contribution in [0, 0.1) is 11.3 Å². The van der Waals surface area contributed by atoms with Gasteiger partial charge >= 0.3 is 24.5 Å².